The zero-order chi connectivity index (χ0) is 22.4. The lowest BCUT2D eigenvalue weighted by Gasteiger charge is -2.36. The van der Waals surface area contributed by atoms with Gasteiger partial charge in [-0.3, -0.25) is 4.99 Å². The van der Waals surface area contributed by atoms with Crippen molar-refractivity contribution >= 4 is 21.9 Å². The van der Waals surface area contributed by atoms with Gasteiger partial charge in [0.1, 0.15) is 0 Å². The molecule has 2 aromatic rings. The summed E-state index contributed by atoms with van der Waals surface area (Å²) in [5.41, 5.74) is 0.989. The van der Waals surface area contributed by atoms with E-state index < -0.39 is 10.0 Å². The van der Waals surface area contributed by atoms with Crippen LogP contribution < -0.4 is 10.2 Å². The van der Waals surface area contributed by atoms with Gasteiger partial charge in [-0.25, -0.2) is 18.4 Å². The number of anilines is 1. The van der Waals surface area contributed by atoms with Crippen LogP contribution >= 0.6 is 0 Å². The first-order chi connectivity index (χ1) is 14.8. The van der Waals surface area contributed by atoms with Crippen molar-refractivity contribution in [3.05, 3.63) is 48.3 Å². The summed E-state index contributed by atoms with van der Waals surface area (Å²) in [5.74, 6) is 1.58. The van der Waals surface area contributed by atoms with E-state index in [1.54, 1.807) is 38.6 Å². The molecule has 1 saturated heterocycles. The van der Waals surface area contributed by atoms with Crippen LogP contribution in [0.4, 0.5) is 5.95 Å². The average molecular weight is 446 g/mol. The summed E-state index contributed by atoms with van der Waals surface area (Å²) in [6.45, 7) is 7.55. The van der Waals surface area contributed by atoms with Gasteiger partial charge in [0.05, 0.1) is 4.90 Å². The smallest absolute Gasteiger partial charge is 0.243 e. The molecule has 1 fully saturated rings. The summed E-state index contributed by atoms with van der Waals surface area (Å²) >= 11 is 0. The first kappa shape index (κ1) is 23.0. The van der Waals surface area contributed by atoms with Crippen molar-refractivity contribution in [1.82, 2.24) is 24.5 Å². The van der Waals surface area contributed by atoms with Gasteiger partial charge in [0, 0.05) is 65.3 Å². The Morgan fingerprint density at radius 2 is 1.74 bits per heavy atom. The molecular formula is C21H31N7O2S. The summed E-state index contributed by atoms with van der Waals surface area (Å²) in [7, 11) is -0.0995. The van der Waals surface area contributed by atoms with E-state index in [0.717, 1.165) is 43.7 Å². The minimum atomic E-state index is -3.47. The molecule has 9 nitrogen and oxygen atoms in total. The number of piperazine rings is 1. The Morgan fingerprint density at radius 1 is 1.13 bits per heavy atom. The predicted molar refractivity (Wildman–Crippen MR) is 123 cm³/mol. The lowest BCUT2D eigenvalue weighted by Crippen LogP contribution is -2.52. The average Bonchev–Trinajstić information content (AvgIpc) is 2.80. The van der Waals surface area contributed by atoms with Gasteiger partial charge in [0.15, 0.2) is 5.96 Å². The zero-order valence-electron chi connectivity index (χ0n) is 18.6. The highest BCUT2D eigenvalue weighted by molar-refractivity contribution is 7.89. The topological polar surface area (TPSA) is 94.0 Å². The molecule has 0 amide bonds. The maximum absolute atomic E-state index is 12.6. The number of rotatable bonds is 6. The van der Waals surface area contributed by atoms with Gasteiger partial charge in [0.25, 0.3) is 0 Å². The van der Waals surface area contributed by atoms with E-state index in [2.05, 4.69) is 30.1 Å². The van der Waals surface area contributed by atoms with Crippen LogP contribution in [0.3, 0.4) is 0 Å². The normalized spacial score (nSPS) is 15.6. The van der Waals surface area contributed by atoms with Gasteiger partial charge in [-0.05, 0) is 37.6 Å². The molecule has 0 spiro atoms. The molecule has 0 aliphatic carbocycles. The van der Waals surface area contributed by atoms with Crippen molar-refractivity contribution in [2.75, 3.05) is 45.2 Å². The molecule has 31 heavy (non-hydrogen) atoms. The van der Waals surface area contributed by atoms with Crippen molar-refractivity contribution in [2.24, 2.45) is 4.99 Å². The van der Waals surface area contributed by atoms with Crippen LogP contribution in [-0.4, -0.2) is 79.9 Å². The van der Waals surface area contributed by atoms with Crippen LogP contribution in [-0.2, 0) is 16.6 Å². The quantitative estimate of drug-likeness (QED) is 0.531. The van der Waals surface area contributed by atoms with Crippen molar-refractivity contribution in [2.45, 2.75) is 31.3 Å². The van der Waals surface area contributed by atoms with E-state index >= 15 is 0 Å². The molecule has 1 aromatic heterocycles. The number of sulfonamides is 1. The van der Waals surface area contributed by atoms with Crippen molar-refractivity contribution in [1.29, 1.82) is 0 Å². The number of aromatic nitrogens is 2. The fourth-order valence-electron chi connectivity index (χ4n) is 3.31. The van der Waals surface area contributed by atoms with E-state index in [9.17, 15) is 8.42 Å². The third kappa shape index (κ3) is 5.50. The highest BCUT2D eigenvalue weighted by atomic mass is 32.2. The number of guanidine groups is 1. The summed E-state index contributed by atoms with van der Waals surface area (Å²) in [5, 5.41) is 3.38. The molecule has 1 N–H and O–H groups in total. The van der Waals surface area contributed by atoms with Crippen molar-refractivity contribution < 1.29 is 8.42 Å². The predicted octanol–water partition coefficient (Wildman–Crippen LogP) is 1.40. The van der Waals surface area contributed by atoms with E-state index in [1.807, 2.05) is 32.0 Å². The Kier molecular flexibility index (Phi) is 7.45. The van der Waals surface area contributed by atoms with Gasteiger partial charge in [-0.2, -0.15) is 4.31 Å². The first-order valence-electron chi connectivity index (χ1n) is 10.4. The molecule has 1 aliphatic heterocycles. The van der Waals surface area contributed by atoms with E-state index in [4.69, 9.17) is 0 Å². The van der Waals surface area contributed by atoms with Crippen molar-refractivity contribution in [3.8, 4) is 0 Å². The molecule has 0 saturated carbocycles. The summed E-state index contributed by atoms with van der Waals surface area (Å²) in [6, 6.07) is 8.72. The summed E-state index contributed by atoms with van der Waals surface area (Å²) in [6.07, 6.45) is 3.51. The lowest BCUT2D eigenvalue weighted by molar-refractivity contribution is 0.370. The fourth-order valence-corrected chi connectivity index (χ4v) is 4.68. The first-order valence-corrected chi connectivity index (χ1v) is 11.8. The van der Waals surface area contributed by atoms with E-state index in [1.165, 1.54) is 4.31 Å². The summed E-state index contributed by atoms with van der Waals surface area (Å²) < 4.78 is 26.6. The standard InChI is InChI=1S/C21H31N7O2S/c1-17(2)26(4)31(29,30)19-8-6-18(7-9-19)16-25-20(22-3)27-12-14-28(15-13-27)21-23-10-5-11-24-21/h5-11,17H,12-16H2,1-4H3,(H,22,25). The molecule has 3 rings (SSSR count). The van der Waals surface area contributed by atoms with Crippen LogP contribution in [0.15, 0.2) is 52.6 Å². The van der Waals surface area contributed by atoms with Crippen LogP contribution in [0.25, 0.3) is 0 Å². The van der Waals surface area contributed by atoms with E-state index in [-0.39, 0.29) is 6.04 Å². The second kappa shape index (κ2) is 10.1. The Bertz CT molecular complexity index is 971. The van der Waals surface area contributed by atoms with Crippen LogP contribution in [0.1, 0.15) is 19.4 Å². The van der Waals surface area contributed by atoms with Crippen LogP contribution in [0.2, 0.25) is 0 Å². The molecule has 0 unspecified atom stereocenters. The van der Waals surface area contributed by atoms with Crippen LogP contribution in [0, 0.1) is 0 Å². The third-order valence-corrected chi connectivity index (χ3v) is 7.45. The number of nitrogens with zero attached hydrogens (tertiary/aromatic N) is 6. The number of hydrogen-bond donors (Lipinski definition) is 1. The number of nitrogens with one attached hydrogen (secondary N) is 1. The Morgan fingerprint density at radius 3 is 2.29 bits per heavy atom. The van der Waals surface area contributed by atoms with E-state index in [0.29, 0.717) is 11.4 Å². The molecule has 1 aromatic carbocycles. The van der Waals surface area contributed by atoms with Gasteiger partial charge >= 0.3 is 0 Å². The van der Waals surface area contributed by atoms with Gasteiger partial charge in [0.2, 0.25) is 16.0 Å². The summed E-state index contributed by atoms with van der Waals surface area (Å²) in [4.78, 5) is 17.7. The third-order valence-electron chi connectivity index (χ3n) is 5.40. The number of benzene rings is 1. The monoisotopic (exact) mass is 445 g/mol. The molecule has 0 atom stereocenters. The Labute approximate surface area is 184 Å². The van der Waals surface area contributed by atoms with Gasteiger partial charge in [-0.15, -0.1) is 0 Å². The van der Waals surface area contributed by atoms with Gasteiger partial charge < -0.3 is 15.1 Å². The fraction of sp³-hybridized carbons (Fsp3) is 0.476. The zero-order valence-corrected chi connectivity index (χ0v) is 19.4. The van der Waals surface area contributed by atoms with Gasteiger partial charge in [-0.1, -0.05) is 12.1 Å². The molecule has 0 bridgehead atoms. The molecular weight excluding hydrogens is 414 g/mol. The maximum Gasteiger partial charge on any atom is 0.243 e. The lowest BCUT2D eigenvalue weighted by atomic mass is 10.2. The molecule has 0 radical (unpaired) electrons. The highest BCUT2D eigenvalue weighted by Crippen LogP contribution is 2.17. The minimum Gasteiger partial charge on any atom is -0.352 e. The molecule has 1 aliphatic rings. The minimum absolute atomic E-state index is 0.0939. The second-order valence-electron chi connectivity index (χ2n) is 7.68. The highest BCUT2D eigenvalue weighted by Gasteiger charge is 2.23. The largest absolute Gasteiger partial charge is 0.352 e. The Balaban J connectivity index is 1.55. The number of aliphatic imine (C=N–C) groups is 1. The molecule has 2 heterocycles. The van der Waals surface area contributed by atoms with Crippen molar-refractivity contribution in [3.63, 3.8) is 0 Å². The molecule has 10 heteroatoms. The molecule has 168 valence electrons. The van der Waals surface area contributed by atoms with Crippen LogP contribution in [0.5, 0.6) is 0 Å². The SMILES string of the molecule is CN=C(NCc1ccc(S(=O)(=O)N(C)C(C)C)cc1)N1CCN(c2ncccn2)CC1. The number of hydrogen-bond acceptors (Lipinski definition) is 6. The Hall–Kier alpha value is -2.72. The second-order valence-corrected chi connectivity index (χ2v) is 9.68. The maximum atomic E-state index is 12.6.